The highest BCUT2D eigenvalue weighted by molar-refractivity contribution is 6.51. The number of hydrogen-bond donors (Lipinski definition) is 1. The lowest BCUT2D eigenvalue weighted by Crippen LogP contribution is -2.30. The molecule has 1 saturated heterocycles. The minimum absolute atomic E-state index is 0.0475. The van der Waals surface area contributed by atoms with Crippen LogP contribution < -0.4 is 14.4 Å². The molecular weight excluding hydrogens is 466 g/mol. The van der Waals surface area contributed by atoms with Gasteiger partial charge in [-0.2, -0.15) is 0 Å². The van der Waals surface area contributed by atoms with Crippen molar-refractivity contribution in [2.75, 3.05) is 18.6 Å². The van der Waals surface area contributed by atoms with Gasteiger partial charge in [0.1, 0.15) is 17.3 Å². The average Bonchev–Trinajstić information content (AvgIpc) is 3.14. The number of benzene rings is 3. The number of aliphatic hydroxyl groups is 1. The maximum Gasteiger partial charge on any atom is 0.300 e. The first-order valence-corrected chi connectivity index (χ1v) is 12.4. The van der Waals surface area contributed by atoms with Crippen LogP contribution in [0.15, 0.2) is 66.2 Å². The Labute approximate surface area is 218 Å². The number of rotatable bonds is 7. The lowest BCUT2D eigenvalue weighted by molar-refractivity contribution is -0.132. The summed E-state index contributed by atoms with van der Waals surface area (Å²) in [6.45, 7) is 10.5. The highest BCUT2D eigenvalue weighted by Crippen LogP contribution is 2.44. The third kappa shape index (κ3) is 4.96. The van der Waals surface area contributed by atoms with Crippen LogP contribution in [0.2, 0.25) is 0 Å². The van der Waals surface area contributed by atoms with Crippen molar-refractivity contribution in [1.82, 2.24) is 0 Å². The van der Waals surface area contributed by atoms with E-state index in [4.69, 9.17) is 9.47 Å². The number of aryl methyl sites for hydroxylation is 2. The molecule has 1 N–H and O–H groups in total. The Bertz CT molecular complexity index is 1370. The number of ketones is 1. The molecule has 0 radical (unpaired) electrons. The zero-order valence-electron chi connectivity index (χ0n) is 22.2. The molecule has 6 heteroatoms. The lowest BCUT2D eigenvalue weighted by atomic mass is 9.94. The monoisotopic (exact) mass is 499 g/mol. The van der Waals surface area contributed by atoms with Gasteiger partial charge in [0.15, 0.2) is 0 Å². The summed E-state index contributed by atoms with van der Waals surface area (Å²) < 4.78 is 11.2. The van der Waals surface area contributed by atoms with E-state index in [9.17, 15) is 14.7 Å². The van der Waals surface area contributed by atoms with Gasteiger partial charge in [-0.3, -0.25) is 14.5 Å². The molecule has 1 atom stereocenters. The van der Waals surface area contributed by atoms with Crippen molar-refractivity contribution in [3.05, 3.63) is 94.1 Å². The highest BCUT2D eigenvalue weighted by Gasteiger charge is 2.47. The van der Waals surface area contributed by atoms with E-state index >= 15 is 0 Å². The average molecular weight is 500 g/mol. The second-order valence-corrected chi connectivity index (χ2v) is 9.85. The van der Waals surface area contributed by atoms with E-state index in [0.717, 1.165) is 16.7 Å². The third-order valence-electron chi connectivity index (χ3n) is 6.73. The van der Waals surface area contributed by atoms with Gasteiger partial charge in [0.05, 0.1) is 25.3 Å². The topological polar surface area (TPSA) is 76.1 Å². The van der Waals surface area contributed by atoms with Gasteiger partial charge in [-0.15, -0.1) is 0 Å². The normalized spacial score (nSPS) is 16.9. The van der Waals surface area contributed by atoms with Crippen LogP contribution in [0.5, 0.6) is 11.5 Å². The van der Waals surface area contributed by atoms with Gasteiger partial charge in [-0.25, -0.2) is 0 Å². The van der Waals surface area contributed by atoms with Gasteiger partial charge >= 0.3 is 0 Å². The lowest BCUT2D eigenvalue weighted by Gasteiger charge is -2.27. The van der Waals surface area contributed by atoms with E-state index in [1.165, 1.54) is 4.90 Å². The molecule has 1 amide bonds. The number of anilines is 1. The molecule has 0 aromatic heterocycles. The molecule has 6 nitrogen and oxygen atoms in total. The Kier molecular flexibility index (Phi) is 7.39. The maximum absolute atomic E-state index is 13.5. The molecule has 1 aliphatic heterocycles. The number of Topliss-reactive ketones (excluding diaryl/α,β-unsaturated/α-hetero) is 1. The Morgan fingerprint density at radius 2 is 1.68 bits per heavy atom. The van der Waals surface area contributed by atoms with E-state index in [-0.39, 0.29) is 11.3 Å². The summed E-state index contributed by atoms with van der Waals surface area (Å²) >= 11 is 0. The molecule has 4 rings (SSSR count). The molecule has 37 heavy (non-hydrogen) atoms. The first-order valence-electron chi connectivity index (χ1n) is 12.4. The summed E-state index contributed by atoms with van der Waals surface area (Å²) in [6, 6.07) is 17.3. The molecule has 192 valence electrons. The number of aliphatic hydroxyl groups excluding tert-OH is 1. The van der Waals surface area contributed by atoms with E-state index in [0.29, 0.717) is 40.8 Å². The summed E-state index contributed by atoms with van der Waals surface area (Å²) in [4.78, 5) is 28.4. The van der Waals surface area contributed by atoms with Crippen molar-refractivity contribution in [3.63, 3.8) is 0 Å². The fourth-order valence-corrected chi connectivity index (χ4v) is 4.55. The van der Waals surface area contributed by atoms with Crippen molar-refractivity contribution in [2.45, 2.75) is 40.7 Å². The first kappa shape index (κ1) is 26.0. The number of hydrogen-bond acceptors (Lipinski definition) is 5. The van der Waals surface area contributed by atoms with Crippen LogP contribution in [0.25, 0.3) is 5.76 Å². The van der Waals surface area contributed by atoms with E-state index < -0.39 is 17.7 Å². The molecule has 1 fully saturated rings. The van der Waals surface area contributed by atoms with Crippen molar-refractivity contribution < 1.29 is 24.2 Å². The molecule has 3 aromatic rings. The summed E-state index contributed by atoms with van der Waals surface area (Å²) in [5, 5.41) is 11.5. The number of nitrogens with zero attached hydrogens (tertiary/aromatic N) is 1. The number of carbonyl (C=O) groups is 2. The molecule has 0 saturated carbocycles. The van der Waals surface area contributed by atoms with Gasteiger partial charge < -0.3 is 14.6 Å². The smallest absolute Gasteiger partial charge is 0.300 e. The highest BCUT2D eigenvalue weighted by atomic mass is 16.5. The summed E-state index contributed by atoms with van der Waals surface area (Å²) in [7, 11) is 1.58. The Hall–Kier alpha value is -4.06. The van der Waals surface area contributed by atoms with Crippen LogP contribution in [-0.2, 0) is 9.59 Å². The number of carbonyl (C=O) groups excluding carboxylic acids is 2. The van der Waals surface area contributed by atoms with Crippen LogP contribution in [0.1, 0.15) is 47.7 Å². The SMILES string of the molecule is COc1ccc(C2/C(=C(\O)c3ccc(OCC(C)C)c(C)c3)C(=O)C(=O)N2c2cccc(C)c2C)cc1. The van der Waals surface area contributed by atoms with Gasteiger partial charge in [-0.05, 0) is 85.3 Å². The van der Waals surface area contributed by atoms with E-state index in [2.05, 4.69) is 13.8 Å². The maximum atomic E-state index is 13.5. The molecular formula is C31H33NO5. The second kappa shape index (κ2) is 10.5. The Morgan fingerprint density at radius 3 is 2.30 bits per heavy atom. The van der Waals surface area contributed by atoms with Gasteiger partial charge in [0, 0.05) is 11.3 Å². The van der Waals surface area contributed by atoms with Crippen LogP contribution >= 0.6 is 0 Å². The fraction of sp³-hybridized carbons (Fsp3) is 0.290. The zero-order valence-corrected chi connectivity index (χ0v) is 22.2. The predicted octanol–water partition coefficient (Wildman–Crippen LogP) is 6.28. The van der Waals surface area contributed by atoms with Crippen LogP contribution in [0.3, 0.4) is 0 Å². The number of amides is 1. The fourth-order valence-electron chi connectivity index (χ4n) is 4.55. The standard InChI is InChI=1S/C31H33NO5/c1-18(2)17-37-26-15-12-23(16-20(26)4)29(33)27-28(22-10-13-24(36-6)14-11-22)32(31(35)30(27)34)25-9-7-8-19(3)21(25)5/h7-16,18,28,33H,17H2,1-6H3/b29-27+. The molecule has 1 aliphatic rings. The van der Waals surface area contributed by atoms with Crippen LogP contribution in [0.4, 0.5) is 5.69 Å². The van der Waals surface area contributed by atoms with Gasteiger partial charge in [-0.1, -0.05) is 38.1 Å². The largest absolute Gasteiger partial charge is 0.507 e. The molecule has 1 heterocycles. The minimum atomic E-state index is -0.802. The third-order valence-corrected chi connectivity index (χ3v) is 6.73. The molecule has 1 unspecified atom stereocenters. The molecule has 0 spiro atoms. The van der Waals surface area contributed by atoms with Gasteiger partial charge in [0.25, 0.3) is 11.7 Å². The molecule has 0 bridgehead atoms. The number of methoxy groups -OCH3 is 1. The quantitative estimate of drug-likeness (QED) is 0.235. The van der Waals surface area contributed by atoms with E-state index in [1.807, 2.05) is 51.1 Å². The van der Waals surface area contributed by atoms with Crippen LogP contribution in [0, 0.1) is 26.7 Å². The summed E-state index contributed by atoms with van der Waals surface area (Å²) in [5.41, 5.74) is 4.55. The number of ether oxygens (including phenoxy) is 2. The zero-order chi connectivity index (χ0) is 26.9. The van der Waals surface area contributed by atoms with Gasteiger partial charge in [0.2, 0.25) is 0 Å². The summed E-state index contributed by atoms with van der Waals surface area (Å²) in [5.74, 6) is 0.123. The molecule has 3 aromatic carbocycles. The predicted molar refractivity (Wildman–Crippen MR) is 145 cm³/mol. The van der Waals surface area contributed by atoms with Crippen molar-refractivity contribution >= 4 is 23.1 Å². The van der Waals surface area contributed by atoms with Crippen molar-refractivity contribution in [2.24, 2.45) is 5.92 Å². The second-order valence-electron chi connectivity index (χ2n) is 9.85. The summed E-state index contributed by atoms with van der Waals surface area (Å²) in [6.07, 6.45) is 0. The van der Waals surface area contributed by atoms with Crippen molar-refractivity contribution in [3.8, 4) is 11.5 Å². The minimum Gasteiger partial charge on any atom is -0.507 e. The van der Waals surface area contributed by atoms with Crippen molar-refractivity contribution in [1.29, 1.82) is 0 Å². The molecule has 0 aliphatic carbocycles. The Morgan fingerprint density at radius 1 is 0.973 bits per heavy atom. The first-order chi connectivity index (χ1) is 17.6. The van der Waals surface area contributed by atoms with Crippen LogP contribution in [-0.4, -0.2) is 30.5 Å². The Balaban J connectivity index is 1.88. The van der Waals surface area contributed by atoms with E-state index in [1.54, 1.807) is 37.4 Å².